The number of nitrogens with one attached hydrogen (secondary N) is 2. The lowest BCUT2D eigenvalue weighted by Crippen LogP contribution is -2.57. The Morgan fingerprint density at radius 1 is 0.957 bits per heavy atom. The van der Waals surface area contributed by atoms with Crippen LogP contribution in [0, 0.1) is 17.7 Å². The molecule has 11 nitrogen and oxygen atoms in total. The zero-order valence-electron chi connectivity index (χ0n) is 27.1. The molecule has 1 unspecified atom stereocenters. The number of amides is 3. The van der Waals surface area contributed by atoms with Crippen molar-refractivity contribution in [2.24, 2.45) is 11.8 Å². The van der Waals surface area contributed by atoms with E-state index in [0.29, 0.717) is 19.4 Å². The third-order valence-corrected chi connectivity index (χ3v) is 8.24. The number of carbonyl (C=O) groups is 4. The molecule has 0 bridgehead atoms. The second-order valence-electron chi connectivity index (χ2n) is 12.8. The van der Waals surface area contributed by atoms with Crippen LogP contribution in [0.2, 0.25) is 0 Å². The first-order valence-corrected chi connectivity index (χ1v) is 15.5. The maximum absolute atomic E-state index is 13.7. The molecule has 3 aromatic rings. The SMILES string of the molecule is CC(C)C(NC(=O)[C@@H]1CCCN1C(=O)[C@@H](NC(=O)OCc1ccccc1)C(C)C)C(=O)c1nnc(C(C)(C)c2ccc(F)cc2)o1. The van der Waals surface area contributed by atoms with Crippen molar-refractivity contribution >= 4 is 23.7 Å². The molecule has 1 aromatic heterocycles. The van der Waals surface area contributed by atoms with E-state index in [-0.39, 0.29) is 36.0 Å². The van der Waals surface area contributed by atoms with E-state index in [4.69, 9.17) is 9.15 Å². The summed E-state index contributed by atoms with van der Waals surface area (Å²) < 4.78 is 24.6. The minimum absolute atomic E-state index is 0.0519. The van der Waals surface area contributed by atoms with E-state index in [9.17, 15) is 23.6 Å². The van der Waals surface area contributed by atoms with E-state index in [1.54, 1.807) is 39.8 Å². The molecule has 3 amide bonds. The highest BCUT2D eigenvalue weighted by molar-refractivity contribution is 6.00. The van der Waals surface area contributed by atoms with Crippen LogP contribution < -0.4 is 10.6 Å². The molecule has 3 atom stereocenters. The van der Waals surface area contributed by atoms with Crippen molar-refractivity contribution < 1.29 is 32.7 Å². The number of benzene rings is 2. The fourth-order valence-electron chi connectivity index (χ4n) is 5.37. The van der Waals surface area contributed by atoms with Crippen molar-refractivity contribution in [2.75, 3.05) is 6.54 Å². The molecule has 46 heavy (non-hydrogen) atoms. The monoisotopic (exact) mass is 635 g/mol. The first kappa shape index (κ1) is 34.3. The first-order chi connectivity index (χ1) is 21.8. The maximum Gasteiger partial charge on any atom is 0.408 e. The first-order valence-electron chi connectivity index (χ1n) is 15.5. The quantitative estimate of drug-likeness (QED) is 0.270. The van der Waals surface area contributed by atoms with Gasteiger partial charge >= 0.3 is 6.09 Å². The second-order valence-corrected chi connectivity index (χ2v) is 12.8. The van der Waals surface area contributed by atoms with Crippen LogP contribution in [0.5, 0.6) is 0 Å². The van der Waals surface area contributed by atoms with E-state index in [2.05, 4.69) is 20.8 Å². The molecule has 246 valence electrons. The maximum atomic E-state index is 13.7. The van der Waals surface area contributed by atoms with Crippen LogP contribution in [0.3, 0.4) is 0 Å². The van der Waals surface area contributed by atoms with Crippen molar-refractivity contribution in [2.45, 2.75) is 84.5 Å². The number of alkyl carbamates (subject to hydrolysis) is 1. The molecule has 2 N–H and O–H groups in total. The highest BCUT2D eigenvalue weighted by Crippen LogP contribution is 2.31. The summed E-state index contributed by atoms with van der Waals surface area (Å²) in [5, 5.41) is 13.5. The van der Waals surface area contributed by atoms with Gasteiger partial charge in [-0.3, -0.25) is 14.4 Å². The van der Waals surface area contributed by atoms with Gasteiger partial charge in [-0.15, -0.1) is 10.2 Å². The highest BCUT2D eigenvalue weighted by atomic mass is 19.1. The number of likely N-dealkylation sites (tertiary alicyclic amines) is 1. The number of nitrogens with zero attached hydrogens (tertiary/aromatic N) is 3. The molecule has 0 saturated carbocycles. The van der Waals surface area contributed by atoms with Crippen LogP contribution in [-0.2, 0) is 26.3 Å². The summed E-state index contributed by atoms with van der Waals surface area (Å²) in [6, 6.07) is 12.3. The number of Topliss-reactive ketones (excluding diaryl/α,β-unsaturated/α-hetero) is 1. The van der Waals surface area contributed by atoms with E-state index in [1.165, 1.54) is 17.0 Å². The Morgan fingerprint density at radius 3 is 2.24 bits per heavy atom. The number of ketones is 1. The Labute approximate surface area is 268 Å². The summed E-state index contributed by atoms with van der Waals surface area (Å²) in [4.78, 5) is 54.9. The Hall–Kier alpha value is -4.61. The third-order valence-electron chi connectivity index (χ3n) is 8.24. The van der Waals surface area contributed by atoms with Gasteiger partial charge in [0.2, 0.25) is 23.5 Å². The normalized spacial score (nSPS) is 16.3. The van der Waals surface area contributed by atoms with Gasteiger partial charge in [0.05, 0.1) is 11.5 Å². The molecule has 1 saturated heterocycles. The van der Waals surface area contributed by atoms with Crippen molar-refractivity contribution in [1.29, 1.82) is 0 Å². The summed E-state index contributed by atoms with van der Waals surface area (Å²) in [7, 11) is 0. The molecule has 4 rings (SSSR count). The summed E-state index contributed by atoms with van der Waals surface area (Å²) in [5.41, 5.74) is 0.717. The Balaban J connectivity index is 1.43. The van der Waals surface area contributed by atoms with Gasteiger partial charge in [0.15, 0.2) is 0 Å². The standard InChI is InChI=1S/C34H42FN5O6/c1-20(2)26(28(41)30-38-39-32(46-30)34(5,6)23-14-16-24(35)17-15-23)36-29(42)25-13-10-18-40(25)31(43)27(21(3)4)37-33(44)45-19-22-11-8-7-9-12-22/h7-9,11-12,14-17,20-21,25-27H,10,13,18-19H2,1-6H3,(H,36,42)(H,37,44)/t25-,26?,27-/m0/s1. The number of hydrogen-bond acceptors (Lipinski definition) is 8. The molecule has 0 spiro atoms. The summed E-state index contributed by atoms with van der Waals surface area (Å²) in [5.74, 6) is -2.55. The predicted octanol–water partition coefficient (Wildman–Crippen LogP) is 4.80. The lowest BCUT2D eigenvalue weighted by molar-refractivity contribution is -0.141. The predicted molar refractivity (Wildman–Crippen MR) is 167 cm³/mol. The summed E-state index contributed by atoms with van der Waals surface area (Å²) >= 11 is 0. The molecule has 2 aromatic carbocycles. The van der Waals surface area contributed by atoms with Gasteiger partial charge in [0.25, 0.3) is 5.89 Å². The summed E-state index contributed by atoms with van der Waals surface area (Å²) in [6.07, 6.45) is 0.248. The third kappa shape index (κ3) is 7.96. The van der Waals surface area contributed by atoms with Crippen LogP contribution in [0.4, 0.5) is 9.18 Å². The van der Waals surface area contributed by atoms with Gasteiger partial charge in [-0.1, -0.05) is 70.2 Å². The lowest BCUT2D eigenvalue weighted by Gasteiger charge is -2.31. The molecular formula is C34H42FN5O6. The van der Waals surface area contributed by atoms with Gasteiger partial charge in [-0.25, -0.2) is 9.18 Å². The minimum atomic E-state index is -1.00. The second kappa shape index (κ2) is 14.7. The largest absolute Gasteiger partial charge is 0.445 e. The number of carbonyl (C=O) groups excluding carboxylic acids is 4. The van der Waals surface area contributed by atoms with Crippen molar-refractivity contribution in [3.05, 3.63) is 83.3 Å². The van der Waals surface area contributed by atoms with Crippen LogP contribution in [0.25, 0.3) is 0 Å². The van der Waals surface area contributed by atoms with E-state index in [0.717, 1.165) is 11.1 Å². The molecule has 0 aliphatic carbocycles. The fourth-order valence-corrected chi connectivity index (χ4v) is 5.37. The average molecular weight is 636 g/mol. The minimum Gasteiger partial charge on any atom is -0.445 e. The lowest BCUT2D eigenvalue weighted by atomic mass is 9.84. The fraction of sp³-hybridized carbons (Fsp3) is 0.471. The van der Waals surface area contributed by atoms with Gasteiger partial charge < -0.3 is 24.7 Å². The van der Waals surface area contributed by atoms with E-state index < -0.39 is 47.2 Å². The van der Waals surface area contributed by atoms with Gasteiger partial charge in [0.1, 0.15) is 24.5 Å². The molecule has 1 aliphatic rings. The van der Waals surface area contributed by atoms with Crippen LogP contribution in [0.1, 0.15) is 82.1 Å². The number of ether oxygens (including phenoxy) is 1. The smallest absolute Gasteiger partial charge is 0.408 e. The molecule has 0 radical (unpaired) electrons. The van der Waals surface area contributed by atoms with Crippen molar-refractivity contribution in [1.82, 2.24) is 25.7 Å². The van der Waals surface area contributed by atoms with E-state index in [1.807, 2.05) is 44.2 Å². The van der Waals surface area contributed by atoms with Crippen molar-refractivity contribution in [3.8, 4) is 0 Å². The number of halogens is 1. The molecule has 1 aliphatic heterocycles. The van der Waals surface area contributed by atoms with E-state index >= 15 is 0 Å². The van der Waals surface area contributed by atoms with Crippen LogP contribution in [-0.4, -0.2) is 63.5 Å². The van der Waals surface area contributed by atoms with Gasteiger partial charge in [0, 0.05) is 6.54 Å². The Morgan fingerprint density at radius 2 is 1.61 bits per heavy atom. The molecule has 1 fully saturated rings. The zero-order chi connectivity index (χ0) is 33.6. The summed E-state index contributed by atoms with van der Waals surface area (Å²) in [6.45, 7) is 11.2. The van der Waals surface area contributed by atoms with Crippen molar-refractivity contribution in [3.63, 3.8) is 0 Å². The number of hydrogen-bond donors (Lipinski definition) is 2. The highest BCUT2D eigenvalue weighted by Gasteiger charge is 2.41. The average Bonchev–Trinajstić information content (AvgIpc) is 3.73. The van der Waals surface area contributed by atoms with Crippen LogP contribution >= 0.6 is 0 Å². The number of aromatic nitrogens is 2. The van der Waals surface area contributed by atoms with Gasteiger partial charge in [-0.2, -0.15) is 0 Å². The number of rotatable bonds is 12. The Bertz CT molecular complexity index is 1520. The molecular weight excluding hydrogens is 593 g/mol. The topological polar surface area (TPSA) is 144 Å². The van der Waals surface area contributed by atoms with Crippen LogP contribution in [0.15, 0.2) is 59.0 Å². The Kier molecular flexibility index (Phi) is 10.9. The zero-order valence-corrected chi connectivity index (χ0v) is 27.1. The van der Waals surface area contributed by atoms with Gasteiger partial charge in [-0.05, 0) is 61.8 Å². The molecule has 12 heteroatoms. The molecule has 2 heterocycles.